The molecule has 0 aliphatic heterocycles. The Morgan fingerprint density at radius 1 is 1.26 bits per heavy atom. The van der Waals surface area contributed by atoms with Crippen LogP contribution >= 0.6 is 45.8 Å². The minimum atomic E-state index is -0.405. The summed E-state index contributed by atoms with van der Waals surface area (Å²) in [5.41, 5.74) is 3.33. The van der Waals surface area contributed by atoms with Gasteiger partial charge < -0.3 is 9.47 Å². The van der Waals surface area contributed by atoms with E-state index in [0.717, 1.165) is 9.13 Å². The van der Waals surface area contributed by atoms with Crippen molar-refractivity contribution in [2.75, 3.05) is 7.11 Å². The number of ether oxygens (including phenoxy) is 2. The molecule has 8 heteroatoms. The van der Waals surface area contributed by atoms with Crippen LogP contribution in [0.1, 0.15) is 15.9 Å². The van der Waals surface area contributed by atoms with E-state index in [1.165, 1.54) is 7.11 Å². The highest BCUT2D eigenvalue weighted by molar-refractivity contribution is 14.1. The third-order valence-corrected chi connectivity index (χ3v) is 4.53. The summed E-state index contributed by atoms with van der Waals surface area (Å²) in [5.74, 6) is 5.72. The lowest BCUT2D eigenvalue weighted by atomic mass is 10.2. The molecule has 122 valence electrons. The number of amides is 1. The van der Waals surface area contributed by atoms with Crippen LogP contribution in [-0.4, -0.2) is 13.0 Å². The first-order valence-corrected chi connectivity index (χ1v) is 8.25. The number of hydrazine groups is 1. The molecule has 0 aliphatic carbocycles. The molecule has 0 aliphatic rings. The van der Waals surface area contributed by atoms with Gasteiger partial charge in [0.25, 0.3) is 5.91 Å². The Hall–Kier alpha value is -1.22. The summed E-state index contributed by atoms with van der Waals surface area (Å²) >= 11 is 13.9. The second kappa shape index (κ2) is 8.05. The Kier molecular flexibility index (Phi) is 6.34. The van der Waals surface area contributed by atoms with Crippen LogP contribution in [0.2, 0.25) is 10.0 Å². The Morgan fingerprint density at radius 3 is 2.61 bits per heavy atom. The molecule has 3 N–H and O–H groups in total. The summed E-state index contributed by atoms with van der Waals surface area (Å²) in [6, 6.07) is 8.49. The summed E-state index contributed by atoms with van der Waals surface area (Å²) in [6.07, 6.45) is 0. The van der Waals surface area contributed by atoms with E-state index >= 15 is 0 Å². The molecule has 0 fully saturated rings. The van der Waals surface area contributed by atoms with Gasteiger partial charge in [0.15, 0.2) is 11.5 Å². The molecule has 5 nitrogen and oxygen atoms in total. The summed E-state index contributed by atoms with van der Waals surface area (Å²) < 4.78 is 11.8. The van der Waals surface area contributed by atoms with Crippen molar-refractivity contribution in [2.24, 2.45) is 5.84 Å². The molecule has 0 atom stereocenters. The molecular formula is C15H13Cl2IN2O3. The highest BCUT2D eigenvalue weighted by Gasteiger charge is 2.15. The van der Waals surface area contributed by atoms with E-state index in [2.05, 4.69) is 28.0 Å². The maximum absolute atomic E-state index is 11.6. The van der Waals surface area contributed by atoms with Gasteiger partial charge in [0, 0.05) is 5.56 Å². The molecule has 0 radical (unpaired) electrons. The van der Waals surface area contributed by atoms with Gasteiger partial charge >= 0.3 is 0 Å². The zero-order valence-electron chi connectivity index (χ0n) is 12.0. The van der Waals surface area contributed by atoms with Crippen LogP contribution in [0.3, 0.4) is 0 Å². The second-order valence-corrected chi connectivity index (χ2v) is 6.48. The predicted octanol–water partition coefficient (Wildman–Crippen LogP) is 3.79. The number of carbonyl (C=O) groups excluding carboxylic acids is 1. The van der Waals surface area contributed by atoms with E-state index in [9.17, 15) is 4.79 Å². The van der Waals surface area contributed by atoms with Gasteiger partial charge in [-0.1, -0.05) is 29.3 Å². The van der Waals surface area contributed by atoms with Crippen LogP contribution in [0, 0.1) is 3.57 Å². The van der Waals surface area contributed by atoms with Crippen LogP contribution in [0.25, 0.3) is 0 Å². The lowest BCUT2D eigenvalue weighted by molar-refractivity contribution is 0.0953. The molecule has 2 aromatic carbocycles. The molecular weight excluding hydrogens is 454 g/mol. The molecule has 0 heterocycles. The molecule has 1 amide bonds. The Labute approximate surface area is 157 Å². The number of nitrogen functional groups attached to an aromatic ring is 1. The minimum Gasteiger partial charge on any atom is -0.493 e. The molecule has 0 saturated heterocycles. The van der Waals surface area contributed by atoms with Gasteiger partial charge in [-0.15, -0.1) is 0 Å². The van der Waals surface area contributed by atoms with Gasteiger partial charge in [0.05, 0.1) is 20.7 Å². The second-order valence-electron chi connectivity index (χ2n) is 4.50. The summed E-state index contributed by atoms with van der Waals surface area (Å²) in [4.78, 5) is 11.6. The summed E-state index contributed by atoms with van der Waals surface area (Å²) in [7, 11) is 1.50. The number of halogens is 3. The fourth-order valence-electron chi connectivity index (χ4n) is 1.86. The Balaban J connectivity index is 2.25. The fourth-order valence-corrected chi connectivity index (χ4v) is 2.94. The van der Waals surface area contributed by atoms with Crippen molar-refractivity contribution in [3.8, 4) is 11.5 Å². The SMILES string of the molecule is COc1cc(C(=O)NN)cc(I)c1OCc1ccc(Cl)c(Cl)c1. The average Bonchev–Trinajstić information content (AvgIpc) is 2.55. The van der Waals surface area contributed by atoms with Gasteiger partial charge in [0.2, 0.25) is 0 Å². The number of carbonyl (C=O) groups is 1. The standard InChI is InChI=1S/C15H13Cl2IN2O3/c1-22-13-6-9(15(21)20-19)5-12(18)14(13)23-7-8-2-3-10(16)11(17)4-8/h2-6H,7,19H2,1H3,(H,20,21). The first kappa shape index (κ1) is 18.1. The predicted molar refractivity (Wildman–Crippen MR) is 98.2 cm³/mol. The van der Waals surface area contributed by atoms with Crippen molar-refractivity contribution in [1.82, 2.24) is 5.43 Å². The van der Waals surface area contributed by atoms with Crippen molar-refractivity contribution in [1.29, 1.82) is 0 Å². The zero-order chi connectivity index (χ0) is 17.0. The molecule has 0 spiro atoms. The molecule has 0 aromatic heterocycles. The topological polar surface area (TPSA) is 73.6 Å². The molecule has 2 rings (SSSR count). The third-order valence-electron chi connectivity index (χ3n) is 2.99. The molecule has 23 heavy (non-hydrogen) atoms. The van der Waals surface area contributed by atoms with Crippen LogP contribution in [0.4, 0.5) is 0 Å². The van der Waals surface area contributed by atoms with Crippen molar-refractivity contribution in [3.63, 3.8) is 0 Å². The molecule has 2 aromatic rings. The summed E-state index contributed by atoms with van der Waals surface area (Å²) in [5, 5.41) is 0.948. The van der Waals surface area contributed by atoms with Gasteiger partial charge in [-0.25, -0.2) is 5.84 Å². The Morgan fingerprint density at radius 2 is 2.00 bits per heavy atom. The molecule has 0 saturated carbocycles. The molecule has 0 unspecified atom stereocenters. The fraction of sp³-hybridized carbons (Fsp3) is 0.133. The van der Waals surface area contributed by atoms with Crippen LogP contribution in [0.15, 0.2) is 30.3 Å². The highest BCUT2D eigenvalue weighted by Crippen LogP contribution is 2.35. The van der Waals surface area contributed by atoms with Gasteiger partial charge in [-0.3, -0.25) is 10.2 Å². The van der Waals surface area contributed by atoms with E-state index in [0.29, 0.717) is 27.1 Å². The van der Waals surface area contributed by atoms with E-state index < -0.39 is 5.91 Å². The van der Waals surface area contributed by atoms with Gasteiger partial charge in [-0.2, -0.15) is 0 Å². The van der Waals surface area contributed by atoms with E-state index in [1.807, 2.05) is 6.07 Å². The lowest BCUT2D eigenvalue weighted by Gasteiger charge is -2.14. The number of methoxy groups -OCH3 is 1. The van der Waals surface area contributed by atoms with Gasteiger partial charge in [-0.05, 0) is 52.4 Å². The maximum Gasteiger partial charge on any atom is 0.265 e. The number of rotatable bonds is 5. The van der Waals surface area contributed by atoms with Crippen LogP contribution < -0.4 is 20.7 Å². The smallest absolute Gasteiger partial charge is 0.265 e. The monoisotopic (exact) mass is 466 g/mol. The van der Waals surface area contributed by atoms with Crippen molar-refractivity contribution < 1.29 is 14.3 Å². The normalized spacial score (nSPS) is 10.3. The summed E-state index contributed by atoms with van der Waals surface area (Å²) in [6.45, 7) is 0.283. The number of nitrogens with one attached hydrogen (secondary N) is 1. The Bertz CT molecular complexity index is 741. The number of hydrogen-bond acceptors (Lipinski definition) is 4. The average molecular weight is 467 g/mol. The van der Waals surface area contributed by atoms with Crippen LogP contribution in [0.5, 0.6) is 11.5 Å². The number of nitrogens with two attached hydrogens (primary N) is 1. The first-order valence-electron chi connectivity index (χ1n) is 6.41. The van der Waals surface area contributed by atoms with Gasteiger partial charge in [0.1, 0.15) is 6.61 Å². The first-order chi connectivity index (χ1) is 11.0. The number of benzene rings is 2. The van der Waals surface area contributed by atoms with E-state index in [1.54, 1.807) is 24.3 Å². The van der Waals surface area contributed by atoms with E-state index in [-0.39, 0.29) is 6.61 Å². The van der Waals surface area contributed by atoms with Crippen molar-refractivity contribution in [2.45, 2.75) is 6.61 Å². The lowest BCUT2D eigenvalue weighted by Crippen LogP contribution is -2.30. The maximum atomic E-state index is 11.6. The minimum absolute atomic E-state index is 0.283. The van der Waals surface area contributed by atoms with Crippen molar-refractivity contribution >= 4 is 51.7 Å². The van der Waals surface area contributed by atoms with Crippen molar-refractivity contribution in [3.05, 3.63) is 55.1 Å². The number of hydrogen-bond donors (Lipinski definition) is 2. The highest BCUT2D eigenvalue weighted by atomic mass is 127. The zero-order valence-corrected chi connectivity index (χ0v) is 15.7. The van der Waals surface area contributed by atoms with E-state index in [4.69, 9.17) is 38.5 Å². The third kappa shape index (κ3) is 4.41. The quantitative estimate of drug-likeness (QED) is 0.304. The molecule has 0 bridgehead atoms. The van der Waals surface area contributed by atoms with Crippen LogP contribution in [-0.2, 0) is 6.61 Å². The largest absolute Gasteiger partial charge is 0.493 e.